The van der Waals surface area contributed by atoms with E-state index in [2.05, 4.69) is 5.16 Å². The van der Waals surface area contributed by atoms with E-state index in [1.54, 1.807) is 6.07 Å². The van der Waals surface area contributed by atoms with Crippen molar-refractivity contribution in [3.63, 3.8) is 0 Å². The minimum Gasteiger partial charge on any atom is -0.381 e. The number of nitrogens with zero attached hydrogens (tertiary/aromatic N) is 1. The van der Waals surface area contributed by atoms with Crippen molar-refractivity contribution in [1.82, 2.24) is 5.16 Å². The van der Waals surface area contributed by atoms with E-state index in [0.29, 0.717) is 11.6 Å². The molecule has 0 fully saturated rings. The first kappa shape index (κ1) is 11.6. The van der Waals surface area contributed by atoms with Crippen molar-refractivity contribution in [2.24, 2.45) is 0 Å². The highest BCUT2D eigenvalue weighted by molar-refractivity contribution is 5.69. The predicted octanol–water partition coefficient (Wildman–Crippen LogP) is 3.49. The molecular weight excluding hydrogens is 219 g/mol. The molecule has 0 spiro atoms. The van der Waals surface area contributed by atoms with Crippen molar-refractivity contribution in [2.45, 2.75) is 26.7 Å². The molecule has 17 heavy (non-hydrogen) atoms. The van der Waals surface area contributed by atoms with Gasteiger partial charge < -0.3 is 10.3 Å². The van der Waals surface area contributed by atoms with Crippen LogP contribution in [0.4, 0.5) is 10.2 Å². The molecule has 0 saturated heterocycles. The van der Waals surface area contributed by atoms with Gasteiger partial charge in [0, 0.05) is 11.1 Å². The maximum atomic E-state index is 13.1. The standard InChI is InChI=1S/C13H15FN2O/c1-7(2)11-12(17-16-13(11)15)10-5-4-9(14)6-8(10)3/h4-7H,1-3H3,(H2,15,16). The van der Waals surface area contributed by atoms with Gasteiger partial charge in [-0.2, -0.15) is 0 Å². The highest BCUT2D eigenvalue weighted by atomic mass is 19.1. The predicted molar refractivity (Wildman–Crippen MR) is 65.1 cm³/mol. The third-order valence-corrected chi connectivity index (χ3v) is 2.77. The van der Waals surface area contributed by atoms with Gasteiger partial charge in [-0.25, -0.2) is 4.39 Å². The van der Waals surface area contributed by atoms with Gasteiger partial charge >= 0.3 is 0 Å². The molecule has 0 bridgehead atoms. The molecule has 1 aromatic carbocycles. The molecule has 0 unspecified atom stereocenters. The average Bonchev–Trinajstić information content (AvgIpc) is 2.60. The third-order valence-electron chi connectivity index (χ3n) is 2.77. The van der Waals surface area contributed by atoms with Gasteiger partial charge in [-0.05, 0) is 36.6 Å². The Hall–Kier alpha value is -1.84. The Kier molecular flexibility index (Phi) is 2.88. The number of anilines is 1. The van der Waals surface area contributed by atoms with Crippen molar-refractivity contribution in [3.05, 3.63) is 35.1 Å². The number of nitrogens with two attached hydrogens (primary N) is 1. The van der Waals surface area contributed by atoms with Crippen molar-refractivity contribution < 1.29 is 8.91 Å². The van der Waals surface area contributed by atoms with Crippen molar-refractivity contribution in [2.75, 3.05) is 5.73 Å². The second-order valence-corrected chi connectivity index (χ2v) is 4.42. The number of aromatic nitrogens is 1. The summed E-state index contributed by atoms with van der Waals surface area (Å²) in [6.07, 6.45) is 0. The molecular formula is C13H15FN2O. The van der Waals surface area contributed by atoms with E-state index in [0.717, 1.165) is 16.7 Å². The minimum atomic E-state index is -0.259. The molecule has 1 heterocycles. The van der Waals surface area contributed by atoms with Crippen molar-refractivity contribution in [3.8, 4) is 11.3 Å². The Morgan fingerprint density at radius 1 is 1.35 bits per heavy atom. The lowest BCUT2D eigenvalue weighted by Gasteiger charge is -2.07. The fraction of sp³-hybridized carbons (Fsp3) is 0.308. The first-order valence-electron chi connectivity index (χ1n) is 5.52. The zero-order valence-corrected chi connectivity index (χ0v) is 10.1. The summed E-state index contributed by atoms with van der Waals surface area (Å²) < 4.78 is 18.3. The number of rotatable bonds is 2. The largest absolute Gasteiger partial charge is 0.381 e. The Morgan fingerprint density at radius 3 is 2.65 bits per heavy atom. The molecule has 0 radical (unpaired) electrons. The third kappa shape index (κ3) is 2.02. The fourth-order valence-electron chi connectivity index (χ4n) is 1.94. The molecule has 90 valence electrons. The maximum Gasteiger partial charge on any atom is 0.172 e. The molecule has 4 heteroatoms. The first-order chi connectivity index (χ1) is 8.00. The molecule has 2 aromatic rings. The van der Waals surface area contributed by atoms with E-state index in [9.17, 15) is 4.39 Å². The molecule has 0 atom stereocenters. The monoisotopic (exact) mass is 234 g/mol. The number of nitrogen functional groups attached to an aromatic ring is 1. The lowest BCUT2D eigenvalue weighted by molar-refractivity contribution is 0.434. The summed E-state index contributed by atoms with van der Waals surface area (Å²) in [4.78, 5) is 0. The van der Waals surface area contributed by atoms with Crippen LogP contribution in [0, 0.1) is 12.7 Å². The van der Waals surface area contributed by atoms with Crippen LogP contribution in [-0.2, 0) is 0 Å². The van der Waals surface area contributed by atoms with Crippen LogP contribution in [0.2, 0.25) is 0 Å². The zero-order valence-electron chi connectivity index (χ0n) is 10.1. The normalized spacial score (nSPS) is 11.1. The van der Waals surface area contributed by atoms with Gasteiger partial charge in [0.2, 0.25) is 0 Å². The van der Waals surface area contributed by atoms with Crippen molar-refractivity contribution in [1.29, 1.82) is 0 Å². The maximum absolute atomic E-state index is 13.1. The zero-order chi connectivity index (χ0) is 12.6. The van der Waals surface area contributed by atoms with E-state index in [1.165, 1.54) is 12.1 Å². The fourth-order valence-corrected chi connectivity index (χ4v) is 1.94. The van der Waals surface area contributed by atoms with Crippen LogP contribution >= 0.6 is 0 Å². The Bertz CT molecular complexity index is 546. The van der Waals surface area contributed by atoms with Crippen LogP contribution in [0.15, 0.2) is 22.7 Å². The van der Waals surface area contributed by atoms with Crippen LogP contribution < -0.4 is 5.73 Å². The number of halogens is 1. The van der Waals surface area contributed by atoms with Crippen LogP contribution in [0.25, 0.3) is 11.3 Å². The lowest BCUT2D eigenvalue weighted by atomic mass is 9.97. The lowest BCUT2D eigenvalue weighted by Crippen LogP contribution is -1.96. The highest BCUT2D eigenvalue weighted by Gasteiger charge is 2.19. The summed E-state index contributed by atoms with van der Waals surface area (Å²) in [6, 6.07) is 4.57. The number of benzene rings is 1. The summed E-state index contributed by atoms with van der Waals surface area (Å²) in [5.41, 5.74) is 8.30. The molecule has 0 saturated carbocycles. The van der Waals surface area contributed by atoms with E-state index in [-0.39, 0.29) is 11.7 Å². The quantitative estimate of drug-likeness (QED) is 0.865. The molecule has 3 nitrogen and oxygen atoms in total. The summed E-state index contributed by atoms with van der Waals surface area (Å²) in [7, 11) is 0. The van der Waals surface area contributed by atoms with Gasteiger partial charge in [0.25, 0.3) is 0 Å². The molecule has 2 N–H and O–H groups in total. The minimum absolute atomic E-state index is 0.209. The van der Waals surface area contributed by atoms with E-state index in [4.69, 9.17) is 10.3 Å². The molecule has 1 aromatic heterocycles. The number of hydrogen-bond donors (Lipinski definition) is 1. The van der Waals surface area contributed by atoms with Gasteiger partial charge in [-0.1, -0.05) is 19.0 Å². The highest BCUT2D eigenvalue weighted by Crippen LogP contribution is 2.35. The van der Waals surface area contributed by atoms with E-state index >= 15 is 0 Å². The van der Waals surface area contributed by atoms with Gasteiger partial charge in [0.05, 0.1) is 0 Å². The second kappa shape index (κ2) is 4.20. The summed E-state index contributed by atoms with van der Waals surface area (Å²) in [6.45, 7) is 5.87. The molecule has 0 aliphatic carbocycles. The summed E-state index contributed by atoms with van der Waals surface area (Å²) >= 11 is 0. The Labute approximate surface area is 99.4 Å². The van der Waals surface area contributed by atoms with Crippen LogP contribution in [0.1, 0.15) is 30.9 Å². The topological polar surface area (TPSA) is 52.0 Å². The average molecular weight is 234 g/mol. The summed E-state index contributed by atoms with van der Waals surface area (Å²) in [5, 5.41) is 3.79. The van der Waals surface area contributed by atoms with Gasteiger partial charge in [0.1, 0.15) is 5.82 Å². The number of aryl methyl sites for hydroxylation is 1. The second-order valence-electron chi connectivity index (χ2n) is 4.42. The summed E-state index contributed by atoms with van der Waals surface area (Å²) in [5.74, 6) is 0.985. The van der Waals surface area contributed by atoms with Gasteiger partial charge in [-0.3, -0.25) is 0 Å². The van der Waals surface area contributed by atoms with Gasteiger partial charge in [-0.15, -0.1) is 0 Å². The Morgan fingerprint density at radius 2 is 2.06 bits per heavy atom. The Balaban J connectivity index is 2.61. The molecule has 0 amide bonds. The molecule has 0 aliphatic rings. The van der Waals surface area contributed by atoms with Crippen LogP contribution in [0.3, 0.4) is 0 Å². The van der Waals surface area contributed by atoms with E-state index in [1.807, 2.05) is 20.8 Å². The van der Waals surface area contributed by atoms with Crippen LogP contribution in [0.5, 0.6) is 0 Å². The van der Waals surface area contributed by atoms with Crippen molar-refractivity contribution >= 4 is 5.82 Å². The first-order valence-corrected chi connectivity index (χ1v) is 5.52. The smallest absolute Gasteiger partial charge is 0.172 e. The van der Waals surface area contributed by atoms with Crippen LogP contribution in [-0.4, -0.2) is 5.16 Å². The van der Waals surface area contributed by atoms with E-state index < -0.39 is 0 Å². The molecule has 2 rings (SSSR count). The van der Waals surface area contributed by atoms with Gasteiger partial charge in [0.15, 0.2) is 11.6 Å². The number of hydrogen-bond acceptors (Lipinski definition) is 3. The SMILES string of the molecule is Cc1cc(F)ccc1-c1onc(N)c1C(C)C. The molecule has 0 aliphatic heterocycles.